The van der Waals surface area contributed by atoms with Gasteiger partial charge in [-0.2, -0.15) is 0 Å². The largest absolute Gasteiger partial charge is 0.352 e. The van der Waals surface area contributed by atoms with Crippen molar-refractivity contribution in [2.24, 2.45) is 0 Å². The molecule has 0 spiro atoms. The number of benzene rings is 2. The zero-order chi connectivity index (χ0) is 22.6. The zero-order valence-electron chi connectivity index (χ0n) is 18.6. The van der Waals surface area contributed by atoms with Gasteiger partial charge in [0.05, 0.1) is 0 Å². The van der Waals surface area contributed by atoms with Gasteiger partial charge in [0.1, 0.15) is 12.1 Å². The maximum atomic E-state index is 13.1. The van der Waals surface area contributed by atoms with Gasteiger partial charge in [-0.1, -0.05) is 68.4 Å². The summed E-state index contributed by atoms with van der Waals surface area (Å²) in [6, 6.07) is 17.1. The van der Waals surface area contributed by atoms with Gasteiger partial charge in [0.25, 0.3) is 5.91 Å². The van der Waals surface area contributed by atoms with E-state index in [0.29, 0.717) is 11.5 Å². The number of nitrogens with zero attached hydrogens (tertiary/aromatic N) is 1. The number of carbonyl (C=O) groups excluding carboxylic acids is 3. The van der Waals surface area contributed by atoms with E-state index in [4.69, 9.17) is 0 Å². The summed E-state index contributed by atoms with van der Waals surface area (Å²) >= 11 is 0. The van der Waals surface area contributed by atoms with E-state index in [9.17, 15) is 14.4 Å². The Morgan fingerprint density at radius 2 is 1.68 bits per heavy atom. The summed E-state index contributed by atoms with van der Waals surface area (Å²) in [6.07, 6.45) is 1.62. The van der Waals surface area contributed by atoms with Crippen molar-refractivity contribution in [2.75, 3.05) is 6.54 Å². The van der Waals surface area contributed by atoms with Gasteiger partial charge in [0.15, 0.2) is 0 Å². The first-order valence-electron chi connectivity index (χ1n) is 10.8. The lowest BCUT2D eigenvalue weighted by Gasteiger charge is -2.23. The summed E-state index contributed by atoms with van der Waals surface area (Å²) in [5.74, 6) is -0.384. The molecule has 0 radical (unpaired) electrons. The molecular formula is C25H31N3O3. The highest BCUT2D eigenvalue weighted by Gasteiger charge is 2.49. The van der Waals surface area contributed by atoms with Gasteiger partial charge in [-0.15, -0.1) is 0 Å². The number of carbonyl (C=O) groups is 3. The van der Waals surface area contributed by atoms with Gasteiger partial charge >= 0.3 is 6.03 Å². The van der Waals surface area contributed by atoms with Crippen LogP contribution in [0, 0.1) is 0 Å². The van der Waals surface area contributed by atoms with Crippen LogP contribution in [-0.2, 0) is 21.5 Å². The quantitative estimate of drug-likeness (QED) is 0.638. The molecule has 2 N–H and O–H groups in total. The van der Waals surface area contributed by atoms with E-state index in [1.165, 1.54) is 5.56 Å². The molecule has 2 aromatic rings. The van der Waals surface area contributed by atoms with Crippen LogP contribution in [0.1, 0.15) is 56.7 Å². The molecule has 31 heavy (non-hydrogen) atoms. The summed E-state index contributed by atoms with van der Waals surface area (Å²) in [4.78, 5) is 39.0. The minimum Gasteiger partial charge on any atom is -0.352 e. The van der Waals surface area contributed by atoms with Crippen molar-refractivity contribution >= 4 is 17.8 Å². The molecule has 0 saturated carbocycles. The number of aryl methyl sites for hydroxylation is 1. The highest BCUT2D eigenvalue weighted by atomic mass is 16.2. The van der Waals surface area contributed by atoms with E-state index >= 15 is 0 Å². The van der Waals surface area contributed by atoms with Crippen molar-refractivity contribution in [1.29, 1.82) is 0 Å². The van der Waals surface area contributed by atoms with Crippen LogP contribution in [-0.4, -0.2) is 35.3 Å². The van der Waals surface area contributed by atoms with E-state index in [1.54, 1.807) is 6.92 Å². The fourth-order valence-corrected chi connectivity index (χ4v) is 3.80. The number of hydrogen-bond acceptors (Lipinski definition) is 3. The standard InChI is InChI=1S/C25H31N3O3/c1-17(2)20-12-14-21(15-13-20)25(4)23(30)28(24(31)27-25)16-22(29)26-18(3)10-11-19-8-6-5-7-9-19/h5-9,12-15,17-18H,10-11,16H2,1-4H3,(H,26,29)(H,27,31)/t18-,25-/m0/s1. The van der Waals surface area contributed by atoms with Crippen molar-refractivity contribution in [2.45, 2.75) is 58.0 Å². The minimum absolute atomic E-state index is 0.0663. The topological polar surface area (TPSA) is 78.5 Å². The predicted molar refractivity (Wildman–Crippen MR) is 120 cm³/mol. The smallest absolute Gasteiger partial charge is 0.325 e. The Morgan fingerprint density at radius 1 is 1.03 bits per heavy atom. The Kier molecular flexibility index (Phi) is 6.78. The molecule has 6 heteroatoms. The monoisotopic (exact) mass is 421 g/mol. The van der Waals surface area contributed by atoms with Gasteiger partial charge in [-0.25, -0.2) is 4.79 Å². The van der Waals surface area contributed by atoms with Crippen LogP contribution in [0.4, 0.5) is 4.79 Å². The number of rotatable bonds is 8. The third kappa shape index (κ3) is 5.13. The summed E-state index contributed by atoms with van der Waals surface area (Å²) < 4.78 is 0. The average molecular weight is 422 g/mol. The first-order chi connectivity index (χ1) is 14.7. The molecule has 1 fully saturated rings. The molecule has 1 heterocycles. The molecule has 1 aliphatic rings. The van der Waals surface area contributed by atoms with Crippen molar-refractivity contribution in [3.8, 4) is 0 Å². The molecule has 0 unspecified atom stereocenters. The lowest BCUT2D eigenvalue weighted by atomic mass is 9.90. The second-order valence-electron chi connectivity index (χ2n) is 8.72. The minimum atomic E-state index is -1.17. The van der Waals surface area contributed by atoms with Crippen LogP contribution in [0.25, 0.3) is 0 Å². The second kappa shape index (κ2) is 9.33. The first kappa shape index (κ1) is 22.5. The normalized spacial score (nSPS) is 19.5. The number of imide groups is 1. The Balaban J connectivity index is 1.59. The van der Waals surface area contributed by atoms with Crippen molar-refractivity contribution in [3.05, 3.63) is 71.3 Å². The molecule has 0 bridgehead atoms. The summed E-state index contributed by atoms with van der Waals surface area (Å²) in [7, 11) is 0. The van der Waals surface area contributed by atoms with Gasteiger partial charge in [0.2, 0.25) is 5.91 Å². The number of nitrogens with one attached hydrogen (secondary N) is 2. The van der Waals surface area contributed by atoms with E-state index in [1.807, 2.05) is 49.4 Å². The summed E-state index contributed by atoms with van der Waals surface area (Å²) in [5.41, 5.74) is 1.89. The lowest BCUT2D eigenvalue weighted by Crippen LogP contribution is -2.45. The fourth-order valence-electron chi connectivity index (χ4n) is 3.80. The number of urea groups is 1. The van der Waals surface area contributed by atoms with Crippen LogP contribution >= 0.6 is 0 Å². The molecule has 4 amide bonds. The van der Waals surface area contributed by atoms with E-state index in [-0.39, 0.29) is 18.5 Å². The molecule has 1 saturated heterocycles. The molecule has 3 rings (SSSR count). The number of hydrogen-bond donors (Lipinski definition) is 2. The average Bonchev–Trinajstić information content (AvgIpc) is 2.97. The Bertz CT molecular complexity index is 940. The van der Waals surface area contributed by atoms with Crippen LogP contribution < -0.4 is 10.6 Å². The molecule has 0 aromatic heterocycles. The van der Waals surface area contributed by atoms with Crippen molar-refractivity contribution < 1.29 is 14.4 Å². The molecule has 164 valence electrons. The molecule has 2 aromatic carbocycles. The highest BCUT2D eigenvalue weighted by molar-refractivity contribution is 6.09. The van der Waals surface area contributed by atoms with Crippen LogP contribution in [0.15, 0.2) is 54.6 Å². The molecule has 1 aliphatic heterocycles. The summed E-state index contributed by atoms with van der Waals surface area (Å²) in [6.45, 7) is 7.51. The maximum Gasteiger partial charge on any atom is 0.325 e. The van der Waals surface area contributed by atoms with E-state index < -0.39 is 17.5 Å². The van der Waals surface area contributed by atoms with Crippen LogP contribution in [0.3, 0.4) is 0 Å². The Hall–Kier alpha value is -3.15. The Morgan fingerprint density at radius 3 is 2.29 bits per heavy atom. The molecule has 6 nitrogen and oxygen atoms in total. The number of amides is 4. The van der Waals surface area contributed by atoms with Crippen LogP contribution in [0.5, 0.6) is 0 Å². The SMILES string of the molecule is CC(C)c1ccc([C@]2(C)NC(=O)N(CC(=O)N[C@@H](C)CCc3ccccc3)C2=O)cc1. The van der Waals surface area contributed by atoms with Gasteiger partial charge < -0.3 is 10.6 Å². The van der Waals surface area contributed by atoms with Gasteiger partial charge in [-0.05, 0) is 49.3 Å². The third-order valence-corrected chi connectivity index (χ3v) is 5.85. The fraction of sp³-hybridized carbons (Fsp3) is 0.400. The Labute approximate surface area is 184 Å². The van der Waals surface area contributed by atoms with E-state index in [0.717, 1.165) is 23.3 Å². The van der Waals surface area contributed by atoms with Crippen LogP contribution in [0.2, 0.25) is 0 Å². The zero-order valence-corrected chi connectivity index (χ0v) is 18.6. The molecule has 0 aliphatic carbocycles. The molecule has 2 atom stereocenters. The van der Waals surface area contributed by atoms with Crippen molar-refractivity contribution in [3.63, 3.8) is 0 Å². The first-order valence-corrected chi connectivity index (χ1v) is 10.8. The second-order valence-corrected chi connectivity index (χ2v) is 8.72. The lowest BCUT2D eigenvalue weighted by molar-refractivity contribution is -0.135. The third-order valence-electron chi connectivity index (χ3n) is 5.85. The molecular weight excluding hydrogens is 390 g/mol. The van der Waals surface area contributed by atoms with Crippen molar-refractivity contribution in [1.82, 2.24) is 15.5 Å². The predicted octanol–water partition coefficient (Wildman–Crippen LogP) is 3.71. The highest BCUT2D eigenvalue weighted by Crippen LogP contribution is 2.29. The van der Waals surface area contributed by atoms with Gasteiger partial charge in [-0.3, -0.25) is 14.5 Å². The van der Waals surface area contributed by atoms with Gasteiger partial charge in [0, 0.05) is 6.04 Å². The van der Waals surface area contributed by atoms with E-state index in [2.05, 4.69) is 36.6 Å². The summed E-state index contributed by atoms with van der Waals surface area (Å²) in [5, 5.41) is 5.65. The maximum absolute atomic E-state index is 13.1.